The number of likely N-dealkylation sites (tertiary alicyclic amines) is 1. The lowest BCUT2D eigenvalue weighted by molar-refractivity contribution is -0.121. The summed E-state index contributed by atoms with van der Waals surface area (Å²) in [7, 11) is 3.85. The highest BCUT2D eigenvalue weighted by Crippen LogP contribution is 2.27. The Kier molecular flexibility index (Phi) is 10.9. The quantitative estimate of drug-likeness (QED) is 0.218. The Morgan fingerprint density at radius 3 is 2.33 bits per heavy atom. The van der Waals surface area contributed by atoms with Gasteiger partial charge in [0, 0.05) is 70.6 Å². The number of hydrogen-bond donors (Lipinski definition) is 2. The van der Waals surface area contributed by atoms with Crippen LogP contribution in [0.5, 0.6) is 0 Å². The van der Waals surface area contributed by atoms with Gasteiger partial charge < -0.3 is 19.5 Å². The minimum atomic E-state index is -0.460. The van der Waals surface area contributed by atoms with E-state index in [9.17, 15) is 9.59 Å². The maximum Gasteiger partial charge on any atom is 0.410 e. The zero-order chi connectivity index (χ0) is 28.7. The van der Waals surface area contributed by atoms with Crippen molar-refractivity contribution in [2.45, 2.75) is 52.2 Å². The lowest BCUT2D eigenvalue weighted by Gasteiger charge is -2.29. The fourth-order valence-electron chi connectivity index (χ4n) is 4.20. The number of anilines is 1. The summed E-state index contributed by atoms with van der Waals surface area (Å²) in [6.45, 7) is 8.52. The van der Waals surface area contributed by atoms with Gasteiger partial charge in [-0.05, 0) is 82.5 Å². The molecule has 12 heteroatoms. The lowest BCUT2D eigenvalue weighted by atomic mass is 10.1. The fourth-order valence-corrected chi connectivity index (χ4v) is 4.83. The number of ether oxygens (including phenoxy) is 1. The number of Topliss-reactive ketones (excluding diaryl/α,β-unsaturated/α-hetero) is 1. The second kappa shape index (κ2) is 13.7. The van der Waals surface area contributed by atoms with Crippen LogP contribution in [0.15, 0.2) is 39.5 Å². The average Bonchev–Trinajstić information content (AvgIpc) is 3.15. The highest BCUT2D eigenvalue weighted by molar-refractivity contribution is 9.10. The molecular formula is C27H37Br2N7O3. The summed E-state index contributed by atoms with van der Waals surface area (Å²) in [4.78, 5) is 32.7. The van der Waals surface area contributed by atoms with Crippen molar-refractivity contribution in [1.29, 1.82) is 0 Å². The molecule has 0 atom stereocenters. The number of pyridine rings is 2. The summed E-state index contributed by atoms with van der Waals surface area (Å²) in [5.41, 5.74) is 3.46. The summed E-state index contributed by atoms with van der Waals surface area (Å²) >= 11 is 6.66. The van der Waals surface area contributed by atoms with Crippen molar-refractivity contribution in [1.82, 2.24) is 24.8 Å². The highest BCUT2D eigenvalue weighted by atomic mass is 79.9. The largest absolute Gasteiger partial charge is 0.444 e. The van der Waals surface area contributed by atoms with Crippen molar-refractivity contribution in [3.8, 4) is 0 Å². The van der Waals surface area contributed by atoms with E-state index in [0.29, 0.717) is 25.9 Å². The van der Waals surface area contributed by atoms with E-state index < -0.39 is 5.60 Å². The number of nitrogens with two attached hydrogens (primary N) is 1. The van der Waals surface area contributed by atoms with Crippen molar-refractivity contribution in [3.05, 3.63) is 50.8 Å². The number of hydrogen-bond acceptors (Lipinski definition) is 8. The molecule has 212 valence electrons. The molecule has 3 aromatic rings. The zero-order valence-corrected chi connectivity index (χ0v) is 26.3. The van der Waals surface area contributed by atoms with E-state index in [1.807, 2.05) is 45.0 Å². The third-order valence-corrected chi connectivity index (χ3v) is 7.00. The first-order valence-electron chi connectivity index (χ1n) is 12.8. The van der Waals surface area contributed by atoms with Gasteiger partial charge in [-0.2, -0.15) is 0 Å². The van der Waals surface area contributed by atoms with Crippen molar-refractivity contribution < 1.29 is 14.3 Å². The first-order valence-corrected chi connectivity index (χ1v) is 14.4. The van der Waals surface area contributed by atoms with Gasteiger partial charge in [-0.15, -0.1) is 0 Å². The van der Waals surface area contributed by atoms with Crippen molar-refractivity contribution in [2.75, 3.05) is 31.7 Å². The molecule has 2 aliphatic rings. The zero-order valence-electron chi connectivity index (χ0n) is 23.1. The number of nitrogens with zero attached hydrogens (tertiary/aromatic N) is 5. The summed E-state index contributed by atoms with van der Waals surface area (Å²) in [5.74, 6) is 6.40. The van der Waals surface area contributed by atoms with E-state index in [2.05, 4.69) is 64.8 Å². The molecule has 2 aliphatic heterocycles. The van der Waals surface area contributed by atoms with E-state index in [1.165, 1.54) is 21.7 Å². The van der Waals surface area contributed by atoms with Crippen LogP contribution in [0.3, 0.4) is 0 Å². The lowest BCUT2D eigenvalue weighted by Crippen LogP contribution is -2.41. The maximum atomic E-state index is 11.5. The van der Waals surface area contributed by atoms with Gasteiger partial charge in [-0.25, -0.2) is 20.6 Å². The molecule has 3 N–H and O–H groups in total. The Bertz CT molecular complexity index is 1290. The van der Waals surface area contributed by atoms with Gasteiger partial charge in [-0.1, -0.05) is 6.07 Å². The molecule has 0 spiro atoms. The number of piperidine rings is 1. The third-order valence-electron chi connectivity index (χ3n) is 6.11. The molecule has 39 heavy (non-hydrogen) atoms. The Morgan fingerprint density at radius 2 is 1.74 bits per heavy atom. The summed E-state index contributed by atoms with van der Waals surface area (Å²) in [5, 5.41) is 6.15. The first kappa shape index (κ1) is 31.0. The van der Waals surface area contributed by atoms with Crippen molar-refractivity contribution >= 4 is 60.6 Å². The minimum Gasteiger partial charge on any atom is -0.444 e. The smallest absolute Gasteiger partial charge is 0.410 e. The van der Waals surface area contributed by atoms with Crippen LogP contribution < -0.4 is 16.2 Å². The van der Waals surface area contributed by atoms with Gasteiger partial charge in [0.15, 0.2) is 0 Å². The molecule has 5 heterocycles. The molecule has 0 aromatic carbocycles. The number of carbonyl (C=O) groups is 2. The normalized spacial score (nSPS) is 15.0. The van der Waals surface area contributed by atoms with E-state index in [0.717, 1.165) is 40.2 Å². The van der Waals surface area contributed by atoms with E-state index in [-0.39, 0.29) is 11.9 Å². The summed E-state index contributed by atoms with van der Waals surface area (Å²) < 4.78 is 9.10. The van der Waals surface area contributed by atoms with E-state index in [1.54, 1.807) is 11.9 Å². The van der Waals surface area contributed by atoms with Crippen LogP contribution in [0.25, 0.3) is 11.0 Å². The minimum absolute atomic E-state index is 0.227. The Hall–Kier alpha value is -2.54. The molecule has 1 amide bonds. The highest BCUT2D eigenvalue weighted by Gasteiger charge is 2.25. The maximum absolute atomic E-state index is 11.5. The Balaban J connectivity index is 0.000000165. The van der Waals surface area contributed by atoms with Crippen LogP contribution in [-0.4, -0.2) is 63.6 Å². The summed E-state index contributed by atoms with van der Waals surface area (Å²) in [6.07, 6.45) is 1.70. The number of hydrazine groups is 1. The first-order chi connectivity index (χ1) is 18.4. The second-order valence-electron chi connectivity index (χ2n) is 10.4. The van der Waals surface area contributed by atoms with Gasteiger partial charge in [0.2, 0.25) is 0 Å². The number of carbonyl (C=O) groups excluding carboxylic acids is 2. The monoisotopic (exact) mass is 665 g/mol. The van der Waals surface area contributed by atoms with Gasteiger partial charge in [-0.3, -0.25) is 9.80 Å². The van der Waals surface area contributed by atoms with Gasteiger partial charge >= 0.3 is 6.09 Å². The molecule has 0 bridgehead atoms. The topological polar surface area (TPSA) is 119 Å². The van der Waals surface area contributed by atoms with Crippen LogP contribution in [0.2, 0.25) is 0 Å². The number of halogens is 2. The van der Waals surface area contributed by atoms with Gasteiger partial charge in [0.05, 0.1) is 0 Å². The molecule has 3 aromatic heterocycles. The molecule has 1 saturated heterocycles. The molecule has 0 unspecified atom stereocenters. The molecular weight excluding hydrogens is 630 g/mol. The standard InChI is InChI=1S/C11H12BrN3.C10H17NO3.C6H8BrN3/c1-15-9-4-5-13-6-8(9)7-2-3-10(12)14-11(7)15;1-10(2,3)14-9(13)11-6-4-8(12)5-7-11;1-10(8)6-4-2-3-5(7)9-6/h2-3,13H,4-6H2,1H3;4-7H2,1-3H3;2-4H,8H2,1H3. The number of ketones is 1. The second-order valence-corrected chi connectivity index (χ2v) is 12.0. The molecule has 5 rings (SSSR count). The average molecular weight is 667 g/mol. The fraction of sp³-hybridized carbons (Fsp3) is 0.481. The molecule has 1 fully saturated rings. The van der Waals surface area contributed by atoms with Crippen LogP contribution in [0.1, 0.15) is 44.9 Å². The Morgan fingerprint density at radius 1 is 1.08 bits per heavy atom. The van der Waals surface area contributed by atoms with Crippen LogP contribution >= 0.6 is 31.9 Å². The third kappa shape index (κ3) is 8.99. The number of rotatable bonds is 1. The van der Waals surface area contributed by atoms with E-state index >= 15 is 0 Å². The Labute approximate surface area is 246 Å². The van der Waals surface area contributed by atoms with Crippen LogP contribution in [0.4, 0.5) is 10.6 Å². The number of fused-ring (bicyclic) bond motifs is 3. The van der Waals surface area contributed by atoms with Crippen molar-refractivity contribution in [2.24, 2.45) is 12.9 Å². The number of nitrogens with one attached hydrogen (secondary N) is 1. The summed E-state index contributed by atoms with van der Waals surface area (Å²) in [6, 6.07) is 9.74. The predicted octanol–water partition coefficient (Wildman–Crippen LogP) is 4.72. The van der Waals surface area contributed by atoms with E-state index in [4.69, 9.17) is 10.6 Å². The number of aromatic nitrogens is 3. The van der Waals surface area contributed by atoms with Crippen LogP contribution in [0, 0.1) is 0 Å². The van der Waals surface area contributed by atoms with Crippen LogP contribution in [-0.2, 0) is 29.5 Å². The predicted molar refractivity (Wildman–Crippen MR) is 160 cm³/mol. The number of aryl methyl sites for hydroxylation is 1. The molecule has 0 radical (unpaired) electrons. The van der Waals surface area contributed by atoms with Gasteiger partial charge in [0.1, 0.15) is 32.1 Å². The van der Waals surface area contributed by atoms with Gasteiger partial charge in [0.25, 0.3) is 0 Å². The molecule has 0 aliphatic carbocycles. The molecule has 0 saturated carbocycles. The SMILES string of the molecule is CC(C)(C)OC(=O)N1CCC(=O)CC1.CN(N)c1cccc(Br)n1.Cn1c2c(c3ccc(Br)nc31)CNCC2. The molecule has 10 nitrogen and oxygen atoms in total. The number of amides is 1. The van der Waals surface area contributed by atoms with Crippen molar-refractivity contribution in [3.63, 3.8) is 0 Å².